The summed E-state index contributed by atoms with van der Waals surface area (Å²) in [6.45, 7) is 2.32. The molecule has 0 amide bonds. The fourth-order valence-corrected chi connectivity index (χ4v) is 3.77. The van der Waals surface area contributed by atoms with Crippen molar-refractivity contribution in [3.63, 3.8) is 0 Å². The molecule has 18 heavy (non-hydrogen) atoms. The van der Waals surface area contributed by atoms with Crippen molar-refractivity contribution in [2.24, 2.45) is 5.92 Å². The third-order valence-electron chi connectivity index (χ3n) is 4.94. The number of nitrogens with one attached hydrogen (secondary N) is 1. The van der Waals surface area contributed by atoms with Crippen molar-refractivity contribution >= 4 is 17.3 Å². The largest absolute Gasteiger partial charge is 0.360 e. The molecule has 0 heterocycles. The van der Waals surface area contributed by atoms with E-state index in [-0.39, 0.29) is 0 Å². The maximum atomic E-state index is 5.57. The van der Waals surface area contributed by atoms with Gasteiger partial charge in [-0.2, -0.15) is 0 Å². The van der Waals surface area contributed by atoms with Gasteiger partial charge in [0.2, 0.25) is 0 Å². The van der Waals surface area contributed by atoms with Crippen LogP contribution in [0.3, 0.4) is 0 Å². The van der Waals surface area contributed by atoms with E-state index in [1.54, 1.807) is 0 Å². The molecule has 0 aromatic heterocycles. The molecule has 104 valence electrons. The Morgan fingerprint density at radius 1 is 1.11 bits per heavy atom. The molecule has 0 unspecified atom stereocenters. The Kier molecular flexibility index (Phi) is 5.28. The van der Waals surface area contributed by atoms with Gasteiger partial charge in [-0.1, -0.05) is 26.2 Å². The van der Waals surface area contributed by atoms with Gasteiger partial charge in [-0.05, 0) is 56.7 Å². The molecule has 2 rings (SSSR count). The molecule has 3 heteroatoms. The zero-order valence-electron chi connectivity index (χ0n) is 12.0. The number of hydrogen-bond donors (Lipinski definition) is 1. The van der Waals surface area contributed by atoms with Crippen LogP contribution < -0.4 is 5.32 Å². The van der Waals surface area contributed by atoms with Crippen LogP contribution >= 0.6 is 12.2 Å². The lowest BCUT2D eigenvalue weighted by Crippen LogP contribution is -2.47. The van der Waals surface area contributed by atoms with Crippen LogP contribution in [0.25, 0.3) is 0 Å². The standard InChI is InChI=1S/C15H28N2S/c1-3-12-8-10-14(11-9-12)17(2)15(18)16-13-6-4-5-7-13/h12-14H,3-11H2,1-2H3,(H,16,18). The predicted octanol–water partition coefficient (Wildman–Crippen LogP) is 3.70. The minimum absolute atomic E-state index is 0.645. The molecular weight excluding hydrogens is 240 g/mol. The molecular formula is C15H28N2S. The van der Waals surface area contributed by atoms with Crippen molar-refractivity contribution in [1.29, 1.82) is 0 Å². The Balaban J connectivity index is 1.76. The first-order chi connectivity index (χ1) is 8.70. The summed E-state index contributed by atoms with van der Waals surface area (Å²) >= 11 is 5.57. The Hall–Kier alpha value is -0.310. The minimum atomic E-state index is 0.645. The number of nitrogens with zero attached hydrogens (tertiary/aromatic N) is 1. The van der Waals surface area contributed by atoms with Crippen molar-refractivity contribution in [3.8, 4) is 0 Å². The van der Waals surface area contributed by atoms with Crippen molar-refractivity contribution < 1.29 is 0 Å². The lowest BCUT2D eigenvalue weighted by Gasteiger charge is -2.36. The van der Waals surface area contributed by atoms with E-state index in [0.29, 0.717) is 12.1 Å². The topological polar surface area (TPSA) is 15.3 Å². The molecule has 1 N–H and O–H groups in total. The lowest BCUT2D eigenvalue weighted by atomic mass is 9.84. The van der Waals surface area contributed by atoms with Gasteiger partial charge in [0.15, 0.2) is 5.11 Å². The number of thiocarbonyl (C=S) groups is 1. The molecule has 2 nitrogen and oxygen atoms in total. The minimum Gasteiger partial charge on any atom is -0.360 e. The van der Waals surface area contributed by atoms with Crippen LogP contribution in [-0.4, -0.2) is 29.1 Å². The molecule has 0 spiro atoms. The molecule has 2 aliphatic carbocycles. The molecule has 2 fully saturated rings. The summed E-state index contributed by atoms with van der Waals surface area (Å²) in [6.07, 6.45) is 12.1. The maximum Gasteiger partial charge on any atom is 0.169 e. The van der Waals surface area contributed by atoms with Gasteiger partial charge in [0.25, 0.3) is 0 Å². The van der Waals surface area contributed by atoms with Gasteiger partial charge in [-0.3, -0.25) is 0 Å². The van der Waals surface area contributed by atoms with E-state index in [1.807, 2.05) is 0 Å². The second-order valence-electron chi connectivity index (χ2n) is 6.12. The summed E-state index contributed by atoms with van der Waals surface area (Å²) in [5.74, 6) is 0.964. The van der Waals surface area contributed by atoms with Crippen LogP contribution in [0.5, 0.6) is 0 Å². The van der Waals surface area contributed by atoms with E-state index in [9.17, 15) is 0 Å². The average Bonchev–Trinajstić information content (AvgIpc) is 2.91. The Morgan fingerprint density at radius 2 is 1.72 bits per heavy atom. The average molecular weight is 268 g/mol. The zero-order chi connectivity index (χ0) is 13.0. The third-order valence-corrected chi connectivity index (χ3v) is 5.35. The third kappa shape index (κ3) is 3.59. The molecule has 2 aliphatic rings. The Bertz CT molecular complexity index is 266. The molecule has 0 radical (unpaired) electrons. The van der Waals surface area contributed by atoms with E-state index < -0.39 is 0 Å². The summed E-state index contributed by atoms with van der Waals surface area (Å²) in [5.41, 5.74) is 0. The fraction of sp³-hybridized carbons (Fsp3) is 0.933. The fourth-order valence-electron chi connectivity index (χ4n) is 3.45. The van der Waals surface area contributed by atoms with E-state index >= 15 is 0 Å². The first kappa shape index (κ1) is 14.1. The van der Waals surface area contributed by atoms with Gasteiger partial charge >= 0.3 is 0 Å². The Morgan fingerprint density at radius 3 is 2.28 bits per heavy atom. The van der Waals surface area contributed by atoms with Crippen LogP contribution in [-0.2, 0) is 0 Å². The van der Waals surface area contributed by atoms with E-state index in [2.05, 4.69) is 24.2 Å². The molecule has 2 saturated carbocycles. The van der Waals surface area contributed by atoms with Crippen molar-refractivity contribution in [2.45, 2.75) is 76.8 Å². The normalized spacial score (nSPS) is 29.2. The summed E-state index contributed by atoms with van der Waals surface area (Å²) in [5, 5.41) is 4.55. The quantitative estimate of drug-likeness (QED) is 0.786. The summed E-state index contributed by atoms with van der Waals surface area (Å²) in [7, 11) is 2.18. The molecule has 0 aromatic carbocycles. The van der Waals surface area contributed by atoms with Gasteiger partial charge in [0.05, 0.1) is 0 Å². The second-order valence-corrected chi connectivity index (χ2v) is 6.51. The highest BCUT2D eigenvalue weighted by Crippen LogP contribution is 2.29. The highest BCUT2D eigenvalue weighted by Gasteiger charge is 2.25. The Labute approximate surface area is 118 Å². The van der Waals surface area contributed by atoms with Gasteiger partial charge in [0.1, 0.15) is 0 Å². The van der Waals surface area contributed by atoms with Crippen molar-refractivity contribution in [3.05, 3.63) is 0 Å². The molecule has 0 aliphatic heterocycles. The van der Waals surface area contributed by atoms with E-state index in [0.717, 1.165) is 11.0 Å². The first-order valence-electron chi connectivity index (χ1n) is 7.74. The highest BCUT2D eigenvalue weighted by atomic mass is 32.1. The molecule has 0 saturated heterocycles. The predicted molar refractivity (Wildman–Crippen MR) is 81.8 cm³/mol. The van der Waals surface area contributed by atoms with Crippen molar-refractivity contribution in [2.75, 3.05) is 7.05 Å². The SMILES string of the molecule is CCC1CCC(N(C)C(=S)NC2CCCC2)CC1. The van der Waals surface area contributed by atoms with Crippen LogP contribution in [0.2, 0.25) is 0 Å². The van der Waals surface area contributed by atoms with Gasteiger partial charge in [-0.25, -0.2) is 0 Å². The summed E-state index contributed by atoms with van der Waals surface area (Å²) in [4.78, 5) is 2.33. The molecule has 0 atom stereocenters. The smallest absolute Gasteiger partial charge is 0.169 e. The summed E-state index contributed by atoms with van der Waals surface area (Å²) in [6, 6.07) is 1.32. The molecule has 0 aromatic rings. The van der Waals surface area contributed by atoms with Crippen LogP contribution in [0.15, 0.2) is 0 Å². The second kappa shape index (κ2) is 6.74. The maximum absolute atomic E-state index is 5.57. The summed E-state index contributed by atoms with van der Waals surface area (Å²) < 4.78 is 0. The van der Waals surface area contributed by atoms with Gasteiger partial charge in [0, 0.05) is 19.1 Å². The van der Waals surface area contributed by atoms with Crippen LogP contribution in [0.1, 0.15) is 64.7 Å². The van der Waals surface area contributed by atoms with Crippen LogP contribution in [0, 0.1) is 5.92 Å². The van der Waals surface area contributed by atoms with E-state index in [4.69, 9.17) is 12.2 Å². The van der Waals surface area contributed by atoms with Gasteiger partial charge < -0.3 is 10.2 Å². The van der Waals surface area contributed by atoms with E-state index in [1.165, 1.54) is 57.8 Å². The zero-order valence-corrected chi connectivity index (χ0v) is 12.8. The lowest BCUT2D eigenvalue weighted by molar-refractivity contribution is 0.224. The molecule has 0 bridgehead atoms. The highest BCUT2D eigenvalue weighted by molar-refractivity contribution is 7.80. The van der Waals surface area contributed by atoms with Crippen molar-refractivity contribution in [1.82, 2.24) is 10.2 Å². The number of hydrogen-bond acceptors (Lipinski definition) is 1. The monoisotopic (exact) mass is 268 g/mol. The number of rotatable bonds is 3. The van der Waals surface area contributed by atoms with Gasteiger partial charge in [-0.15, -0.1) is 0 Å². The first-order valence-corrected chi connectivity index (χ1v) is 8.14. The van der Waals surface area contributed by atoms with Crippen LogP contribution in [0.4, 0.5) is 0 Å².